The molecule has 0 spiro atoms. The summed E-state index contributed by atoms with van der Waals surface area (Å²) in [7, 11) is 0. The van der Waals surface area contributed by atoms with Crippen molar-refractivity contribution >= 4 is 39.8 Å². The highest BCUT2D eigenvalue weighted by Gasteiger charge is 2.27. The highest BCUT2D eigenvalue weighted by molar-refractivity contribution is 6.02. The first-order valence-electron chi connectivity index (χ1n) is 14.0. The second-order valence-corrected chi connectivity index (χ2v) is 10.4. The van der Waals surface area contributed by atoms with Gasteiger partial charge in [0, 0.05) is 61.6 Å². The summed E-state index contributed by atoms with van der Waals surface area (Å²) in [5.74, 6) is -0.699. The zero-order valence-electron chi connectivity index (χ0n) is 23.4. The van der Waals surface area contributed by atoms with Crippen molar-refractivity contribution in [1.29, 1.82) is 0 Å². The van der Waals surface area contributed by atoms with Gasteiger partial charge in [0.1, 0.15) is 29.0 Å². The Morgan fingerprint density at radius 3 is 2.51 bits per heavy atom. The monoisotopic (exact) mass is 595 g/mol. The van der Waals surface area contributed by atoms with Crippen LogP contribution in [0.4, 0.5) is 40.6 Å². The number of morpholine rings is 1. The van der Waals surface area contributed by atoms with Gasteiger partial charge in [0.15, 0.2) is 0 Å². The number of ether oxygens (including phenoxy) is 2. The number of carbonyl (C=O) groups excluding carboxylic acids is 1. The molecule has 4 heterocycles. The summed E-state index contributed by atoms with van der Waals surface area (Å²) >= 11 is 0. The molecule has 0 aliphatic carbocycles. The first-order chi connectivity index (χ1) is 20.8. The Morgan fingerprint density at radius 2 is 1.79 bits per heavy atom. The average Bonchev–Trinajstić information content (AvgIpc) is 2.99. The Labute approximate surface area is 245 Å². The van der Waals surface area contributed by atoms with Gasteiger partial charge in [-0.2, -0.15) is 8.78 Å². The Bertz CT molecular complexity index is 1660. The molecule has 2 saturated heterocycles. The van der Waals surface area contributed by atoms with E-state index in [0.29, 0.717) is 79.0 Å². The standard InChI is InChI=1S/C31H29F4N5O3/c1-18-29(28-23(33)14-20(32)15-25(28)38-30(18)40-9-3-2-4-27(40)41)37-24-16-26(39-10-12-42-13-11-39)36-17-22(24)19-5-7-21(8-6-19)43-31(34)35/h5-8,14-17,31H,2-4,9-13H2,1H3,(H,36,37,38). The van der Waals surface area contributed by atoms with E-state index < -0.39 is 18.2 Å². The van der Waals surface area contributed by atoms with Crippen LogP contribution in [0.5, 0.6) is 5.75 Å². The normalized spacial score (nSPS) is 15.8. The minimum Gasteiger partial charge on any atom is -0.435 e. The molecule has 224 valence electrons. The number of halogens is 4. The van der Waals surface area contributed by atoms with Crippen molar-refractivity contribution in [3.05, 3.63) is 65.9 Å². The number of amides is 1. The highest BCUT2D eigenvalue weighted by Crippen LogP contribution is 2.40. The third-order valence-electron chi connectivity index (χ3n) is 7.67. The number of nitrogens with one attached hydrogen (secondary N) is 1. The molecule has 4 aromatic rings. The number of rotatable bonds is 7. The van der Waals surface area contributed by atoms with Crippen molar-refractivity contribution in [3.8, 4) is 16.9 Å². The maximum atomic E-state index is 15.5. The van der Waals surface area contributed by atoms with E-state index in [0.717, 1.165) is 25.0 Å². The summed E-state index contributed by atoms with van der Waals surface area (Å²) in [6, 6.07) is 9.87. The lowest BCUT2D eigenvalue weighted by molar-refractivity contribution is -0.119. The first kappa shape index (κ1) is 28.7. The molecular formula is C31H29F4N5O3. The molecule has 1 N–H and O–H groups in total. The number of piperidine rings is 1. The van der Waals surface area contributed by atoms with E-state index >= 15 is 4.39 Å². The van der Waals surface area contributed by atoms with Crippen molar-refractivity contribution in [3.63, 3.8) is 0 Å². The molecular weight excluding hydrogens is 566 g/mol. The van der Waals surface area contributed by atoms with Crippen LogP contribution in [0.25, 0.3) is 22.0 Å². The van der Waals surface area contributed by atoms with Gasteiger partial charge in [-0.15, -0.1) is 0 Å². The summed E-state index contributed by atoms with van der Waals surface area (Å²) in [4.78, 5) is 25.7. The number of pyridine rings is 2. The smallest absolute Gasteiger partial charge is 0.387 e. The molecule has 2 aliphatic rings. The lowest BCUT2D eigenvalue weighted by Gasteiger charge is -2.30. The van der Waals surface area contributed by atoms with E-state index in [4.69, 9.17) is 4.74 Å². The van der Waals surface area contributed by atoms with Crippen LogP contribution >= 0.6 is 0 Å². The van der Waals surface area contributed by atoms with Crippen molar-refractivity contribution < 1.29 is 31.8 Å². The predicted molar refractivity (Wildman–Crippen MR) is 155 cm³/mol. The largest absolute Gasteiger partial charge is 0.435 e. The fourth-order valence-corrected chi connectivity index (χ4v) is 5.54. The minimum atomic E-state index is -2.96. The molecule has 0 saturated carbocycles. The highest BCUT2D eigenvalue weighted by atomic mass is 19.3. The van der Waals surface area contributed by atoms with Crippen molar-refractivity contribution in [2.75, 3.05) is 48.0 Å². The van der Waals surface area contributed by atoms with Crippen LogP contribution < -0.4 is 19.9 Å². The van der Waals surface area contributed by atoms with Crippen molar-refractivity contribution in [1.82, 2.24) is 9.97 Å². The van der Waals surface area contributed by atoms with Crippen molar-refractivity contribution in [2.24, 2.45) is 0 Å². The topological polar surface area (TPSA) is 79.8 Å². The summed E-state index contributed by atoms with van der Waals surface area (Å²) < 4.78 is 65.4. The Hall–Kier alpha value is -4.45. The van der Waals surface area contributed by atoms with E-state index in [2.05, 4.69) is 24.9 Å². The van der Waals surface area contributed by atoms with Gasteiger partial charge in [0.2, 0.25) is 5.91 Å². The molecule has 0 bridgehead atoms. The summed E-state index contributed by atoms with van der Waals surface area (Å²) in [6.07, 6.45) is 3.57. The van der Waals surface area contributed by atoms with Gasteiger partial charge in [0.25, 0.3) is 0 Å². The fraction of sp³-hybridized carbons (Fsp3) is 0.323. The number of alkyl halides is 2. The van der Waals surface area contributed by atoms with E-state index in [9.17, 15) is 18.0 Å². The molecule has 6 rings (SSSR count). The number of hydrogen-bond acceptors (Lipinski definition) is 7. The van der Waals surface area contributed by atoms with Crippen molar-refractivity contribution in [2.45, 2.75) is 32.8 Å². The number of carbonyl (C=O) groups is 1. The lowest BCUT2D eigenvalue weighted by atomic mass is 10.0. The number of benzene rings is 2. The molecule has 1 amide bonds. The maximum absolute atomic E-state index is 15.5. The van der Waals surface area contributed by atoms with E-state index in [1.807, 2.05) is 6.07 Å². The molecule has 12 heteroatoms. The number of nitrogens with zero attached hydrogens (tertiary/aromatic N) is 4. The van der Waals surface area contributed by atoms with Crippen LogP contribution in [0.1, 0.15) is 24.8 Å². The van der Waals surface area contributed by atoms with Crippen LogP contribution in [0.15, 0.2) is 48.7 Å². The average molecular weight is 596 g/mol. The van der Waals surface area contributed by atoms with Crippen LogP contribution in [0.3, 0.4) is 0 Å². The van der Waals surface area contributed by atoms with Gasteiger partial charge in [-0.1, -0.05) is 12.1 Å². The Balaban J connectivity index is 1.51. The lowest BCUT2D eigenvalue weighted by Crippen LogP contribution is -2.36. The van der Waals surface area contributed by atoms with Crippen LogP contribution in [0, 0.1) is 18.6 Å². The maximum Gasteiger partial charge on any atom is 0.387 e. The summed E-state index contributed by atoms with van der Waals surface area (Å²) in [5.41, 5.74) is 2.69. The summed E-state index contributed by atoms with van der Waals surface area (Å²) in [5, 5.41) is 3.45. The molecule has 2 aromatic heterocycles. The van der Waals surface area contributed by atoms with E-state index in [-0.39, 0.29) is 22.6 Å². The first-order valence-corrected chi connectivity index (χ1v) is 14.0. The molecule has 8 nitrogen and oxygen atoms in total. The fourth-order valence-electron chi connectivity index (χ4n) is 5.54. The molecule has 43 heavy (non-hydrogen) atoms. The Morgan fingerprint density at radius 1 is 1.02 bits per heavy atom. The number of aromatic nitrogens is 2. The van der Waals surface area contributed by atoms with Crippen LogP contribution in [-0.4, -0.2) is 55.3 Å². The van der Waals surface area contributed by atoms with Gasteiger partial charge in [0.05, 0.1) is 35.5 Å². The number of anilines is 4. The second kappa shape index (κ2) is 12.0. The van der Waals surface area contributed by atoms with Gasteiger partial charge in [-0.05, 0) is 37.5 Å². The quantitative estimate of drug-likeness (QED) is 0.242. The molecule has 2 aliphatic heterocycles. The van der Waals surface area contributed by atoms with Gasteiger partial charge < -0.3 is 19.7 Å². The molecule has 2 fully saturated rings. The van der Waals surface area contributed by atoms with Gasteiger partial charge in [-0.25, -0.2) is 18.7 Å². The molecule has 2 aromatic carbocycles. The molecule has 0 atom stereocenters. The zero-order chi connectivity index (χ0) is 30.1. The molecule has 0 unspecified atom stereocenters. The van der Waals surface area contributed by atoms with Gasteiger partial charge >= 0.3 is 6.61 Å². The second-order valence-electron chi connectivity index (χ2n) is 10.4. The number of fused-ring (bicyclic) bond motifs is 1. The van der Waals surface area contributed by atoms with Gasteiger partial charge in [-0.3, -0.25) is 9.69 Å². The summed E-state index contributed by atoms with van der Waals surface area (Å²) in [6.45, 7) is 1.56. The molecule has 0 radical (unpaired) electrons. The Kier molecular flexibility index (Phi) is 8.02. The number of hydrogen-bond donors (Lipinski definition) is 1. The SMILES string of the molecule is Cc1c(N2CCCCC2=O)nc2cc(F)cc(F)c2c1Nc1cc(N2CCOCC2)ncc1-c1ccc(OC(F)F)cc1. The predicted octanol–water partition coefficient (Wildman–Crippen LogP) is 6.58. The van der Waals surface area contributed by atoms with Crippen LogP contribution in [-0.2, 0) is 9.53 Å². The zero-order valence-corrected chi connectivity index (χ0v) is 23.4. The van der Waals surface area contributed by atoms with E-state index in [1.54, 1.807) is 30.2 Å². The van der Waals surface area contributed by atoms with Crippen LogP contribution in [0.2, 0.25) is 0 Å². The minimum absolute atomic E-state index is 0.00191. The third kappa shape index (κ3) is 5.92. The van der Waals surface area contributed by atoms with E-state index in [1.165, 1.54) is 12.1 Å². The third-order valence-corrected chi connectivity index (χ3v) is 7.67.